The van der Waals surface area contributed by atoms with Gasteiger partial charge in [-0.25, -0.2) is 8.42 Å². The highest BCUT2D eigenvalue weighted by atomic mass is 79.9. The molecule has 3 aromatic rings. The molecule has 1 aromatic heterocycles. The lowest BCUT2D eigenvalue weighted by molar-refractivity contribution is 0.0954. The Balaban J connectivity index is 1.70. The van der Waals surface area contributed by atoms with Crippen molar-refractivity contribution < 1.29 is 13.2 Å². The molecule has 150 valence electrons. The van der Waals surface area contributed by atoms with Crippen molar-refractivity contribution in [2.45, 2.75) is 18.2 Å². The Morgan fingerprint density at radius 3 is 2.66 bits per heavy atom. The summed E-state index contributed by atoms with van der Waals surface area (Å²) in [6.45, 7) is 2.28. The van der Waals surface area contributed by atoms with Crippen LogP contribution in [0.2, 0.25) is 0 Å². The third-order valence-electron chi connectivity index (χ3n) is 4.17. The largest absolute Gasteiger partial charge is 0.352 e. The molecular weight excluding hydrogens is 454 g/mol. The zero-order valence-corrected chi connectivity index (χ0v) is 18.1. The van der Waals surface area contributed by atoms with Crippen molar-refractivity contribution in [3.05, 3.63) is 88.2 Å². The first-order valence-corrected chi connectivity index (χ1v) is 11.2. The number of nitrogens with one attached hydrogen (secondary N) is 2. The molecule has 1 amide bonds. The van der Waals surface area contributed by atoms with Crippen LogP contribution in [0, 0.1) is 6.92 Å². The molecule has 0 atom stereocenters. The van der Waals surface area contributed by atoms with Gasteiger partial charge in [-0.1, -0.05) is 18.2 Å². The van der Waals surface area contributed by atoms with Crippen LogP contribution in [0.3, 0.4) is 0 Å². The molecule has 2 aromatic carbocycles. The van der Waals surface area contributed by atoms with Crippen molar-refractivity contribution in [2.24, 2.45) is 0 Å². The maximum Gasteiger partial charge on any atom is 0.261 e. The fourth-order valence-corrected chi connectivity index (χ4v) is 4.27. The summed E-state index contributed by atoms with van der Waals surface area (Å²) >= 11 is 3.34. The van der Waals surface area contributed by atoms with Gasteiger partial charge in [-0.15, -0.1) is 0 Å². The van der Waals surface area contributed by atoms with Crippen molar-refractivity contribution >= 4 is 37.5 Å². The average Bonchev–Trinajstić information content (AvgIpc) is 2.71. The van der Waals surface area contributed by atoms with E-state index in [1.807, 2.05) is 31.2 Å². The minimum absolute atomic E-state index is 0.0169. The first kappa shape index (κ1) is 21.0. The molecule has 6 nitrogen and oxygen atoms in total. The highest BCUT2D eigenvalue weighted by molar-refractivity contribution is 9.10. The molecule has 0 bridgehead atoms. The second-order valence-electron chi connectivity index (χ2n) is 6.44. The van der Waals surface area contributed by atoms with Crippen LogP contribution in [-0.4, -0.2) is 25.9 Å². The molecule has 29 heavy (non-hydrogen) atoms. The summed E-state index contributed by atoms with van der Waals surface area (Å²) in [6, 6.07) is 16.9. The number of nitrogens with zero attached hydrogens (tertiary/aromatic N) is 1. The monoisotopic (exact) mass is 473 g/mol. The van der Waals surface area contributed by atoms with Crippen molar-refractivity contribution in [1.29, 1.82) is 0 Å². The third kappa shape index (κ3) is 5.65. The summed E-state index contributed by atoms with van der Waals surface area (Å²) in [7, 11) is -3.84. The van der Waals surface area contributed by atoms with E-state index in [1.165, 1.54) is 12.1 Å². The Kier molecular flexibility index (Phi) is 6.66. The zero-order chi connectivity index (χ0) is 20.9. The highest BCUT2D eigenvalue weighted by Crippen LogP contribution is 2.26. The van der Waals surface area contributed by atoms with Crippen molar-refractivity contribution in [3.8, 4) is 0 Å². The van der Waals surface area contributed by atoms with Crippen LogP contribution in [0.25, 0.3) is 0 Å². The molecule has 0 fully saturated rings. The molecule has 0 unspecified atom stereocenters. The first-order valence-electron chi connectivity index (χ1n) is 8.92. The number of amides is 1. The van der Waals surface area contributed by atoms with Crippen LogP contribution in [0.5, 0.6) is 0 Å². The predicted molar refractivity (Wildman–Crippen MR) is 116 cm³/mol. The highest BCUT2D eigenvalue weighted by Gasteiger charge is 2.18. The Morgan fingerprint density at radius 2 is 1.90 bits per heavy atom. The van der Waals surface area contributed by atoms with Gasteiger partial charge >= 0.3 is 0 Å². The van der Waals surface area contributed by atoms with E-state index in [9.17, 15) is 13.2 Å². The van der Waals surface area contributed by atoms with Gasteiger partial charge in [0.2, 0.25) is 0 Å². The molecule has 0 aliphatic rings. The van der Waals surface area contributed by atoms with Gasteiger partial charge in [0.25, 0.3) is 15.9 Å². The Morgan fingerprint density at radius 1 is 1.07 bits per heavy atom. The van der Waals surface area contributed by atoms with Crippen LogP contribution >= 0.6 is 15.9 Å². The summed E-state index contributed by atoms with van der Waals surface area (Å²) in [5.41, 5.74) is 2.51. The van der Waals surface area contributed by atoms with Crippen molar-refractivity contribution in [3.63, 3.8) is 0 Å². The second kappa shape index (κ2) is 9.19. The fourth-order valence-electron chi connectivity index (χ4n) is 2.68. The number of anilines is 1. The van der Waals surface area contributed by atoms with Crippen molar-refractivity contribution in [1.82, 2.24) is 10.3 Å². The standard InChI is InChI=1S/C21H20BrN3O3S/c1-15-8-9-19(22)20(13-15)25-29(27,28)18-7-4-5-16(14-18)21(26)24-12-10-17-6-2-3-11-23-17/h2-9,11,13-14,25H,10,12H2,1H3,(H,24,26). The number of aryl methyl sites for hydroxylation is 1. The van der Waals surface area contributed by atoms with Crippen molar-refractivity contribution in [2.75, 3.05) is 11.3 Å². The number of carbonyl (C=O) groups excluding carboxylic acids is 1. The van der Waals surface area contributed by atoms with Crippen LogP contribution < -0.4 is 10.0 Å². The second-order valence-corrected chi connectivity index (χ2v) is 8.98. The molecular formula is C21H20BrN3O3S. The summed E-state index contributed by atoms with van der Waals surface area (Å²) < 4.78 is 28.7. The van der Waals surface area contributed by atoms with E-state index in [1.54, 1.807) is 30.5 Å². The number of halogens is 1. The SMILES string of the molecule is Cc1ccc(Br)c(NS(=O)(=O)c2cccc(C(=O)NCCc3ccccn3)c2)c1. The van der Waals surface area contributed by atoms with Gasteiger partial charge in [0.15, 0.2) is 0 Å². The van der Waals surface area contributed by atoms with E-state index in [0.29, 0.717) is 23.1 Å². The maximum atomic E-state index is 12.8. The molecule has 0 spiro atoms. The molecule has 8 heteroatoms. The van der Waals surface area contributed by atoms with Crippen LogP contribution in [0.1, 0.15) is 21.6 Å². The topological polar surface area (TPSA) is 88.2 Å². The molecule has 0 radical (unpaired) electrons. The van der Waals surface area contributed by atoms with Crippen LogP contribution in [0.15, 0.2) is 76.2 Å². The van der Waals surface area contributed by atoms with E-state index in [0.717, 1.165) is 11.3 Å². The number of hydrogen-bond acceptors (Lipinski definition) is 4. The smallest absolute Gasteiger partial charge is 0.261 e. The Hall–Kier alpha value is -2.71. The minimum atomic E-state index is -3.84. The van der Waals surface area contributed by atoms with E-state index >= 15 is 0 Å². The van der Waals surface area contributed by atoms with E-state index < -0.39 is 10.0 Å². The fraction of sp³-hybridized carbons (Fsp3) is 0.143. The quantitative estimate of drug-likeness (QED) is 0.543. The number of rotatable bonds is 7. The van der Waals surface area contributed by atoms with Gasteiger partial charge in [0, 0.05) is 34.9 Å². The molecule has 0 aliphatic carbocycles. The maximum absolute atomic E-state index is 12.8. The molecule has 0 saturated heterocycles. The predicted octanol–water partition coefficient (Wildman–Crippen LogP) is 3.93. The van der Waals surface area contributed by atoms with Crippen LogP contribution in [-0.2, 0) is 16.4 Å². The Labute approximate surface area is 178 Å². The number of aromatic nitrogens is 1. The molecule has 3 rings (SSSR count). The normalized spacial score (nSPS) is 11.1. The van der Waals surface area contributed by atoms with Crippen LogP contribution in [0.4, 0.5) is 5.69 Å². The third-order valence-corrected chi connectivity index (χ3v) is 6.22. The zero-order valence-electron chi connectivity index (χ0n) is 15.7. The average molecular weight is 474 g/mol. The van der Waals surface area contributed by atoms with E-state index in [-0.39, 0.29) is 16.4 Å². The molecule has 2 N–H and O–H groups in total. The Bertz CT molecular complexity index is 1120. The lowest BCUT2D eigenvalue weighted by Crippen LogP contribution is -2.26. The number of sulfonamides is 1. The molecule has 1 heterocycles. The molecule has 0 aliphatic heterocycles. The van der Waals surface area contributed by atoms with E-state index in [4.69, 9.17) is 0 Å². The number of pyridine rings is 1. The van der Waals surface area contributed by atoms with Gasteiger partial charge in [-0.2, -0.15) is 0 Å². The molecule has 0 saturated carbocycles. The van der Waals surface area contributed by atoms with Gasteiger partial charge in [-0.3, -0.25) is 14.5 Å². The summed E-state index contributed by atoms with van der Waals surface area (Å²) in [4.78, 5) is 16.6. The summed E-state index contributed by atoms with van der Waals surface area (Å²) in [5, 5.41) is 2.79. The van der Waals surface area contributed by atoms with Gasteiger partial charge in [0.1, 0.15) is 0 Å². The minimum Gasteiger partial charge on any atom is -0.352 e. The van der Waals surface area contributed by atoms with E-state index in [2.05, 4.69) is 31.0 Å². The van der Waals surface area contributed by atoms with Gasteiger partial charge in [-0.05, 0) is 70.9 Å². The first-order chi connectivity index (χ1) is 13.8. The lowest BCUT2D eigenvalue weighted by Gasteiger charge is -2.12. The number of benzene rings is 2. The summed E-state index contributed by atoms with van der Waals surface area (Å²) in [6.07, 6.45) is 2.29. The number of hydrogen-bond donors (Lipinski definition) is 2. The lowest BCUT2D eigenvalue weighted by atomic mass is 10.2. The van der Waals surface area contributed by atoms with Gasteiger partial charge < -0.3 is 5.32 Å². The number of carbonyl (C=O) groups is 1. The van der Waals surface area contributed by atoms with Gasteiger partial charge in [0.05, 0.1) is 10.6 Å². The summed E-state index contributed by atoms with van der Waals surface area (Å²) in [5.74, 6) is -0.338.